The molecule has 3 aromatic rings. The van der Waals surface area contributed by atoms with E-state index in [-0.39, 0.29) is 10.9 Å². The number of halogens is 1. The number of rotatable bonds is 5. The molecule has 0 saturated heterocycles. The summed E-state index contributed by atoms with van der Waals surface area (Å²) in [4.78, 5) is 12.4. The molecule has 1 aromatic heterocycles. The molecule has 1 heterocycles. The van der Waals surface area contributed by atoms with Crippen molar-refractivity contribution in [2.75, 3.05) is 5.32 Å². The summed E-state index contributed by atoms with van der Waals surface area (Å²) in [5, 5.41) is 19.8. The first-order chi connectivity index (χ1) is 13.0. The van der Waals surface area contributed by atoms with E-state index in [1.54, 1.807) is 19.1 Å². The van der Waals surface area contributed by atoms with Gasteiger partial charge in [-0.15, -0.1) is 10.2 Å². The lowest BCUT2D eigenvalue weighted by atomic mass is 10.1. The minimum absolute atomic E-state index is 0.240. The fourth-order valence-corrected chi connectivity index (χ4v) is 3.11. The number of amides is 1. The summed E-state index contributed by atoms with van der Waals surface area (Å²) in [6, 6.07) is 14.4. The summed E-state index contributed by atoms with van der Waals surface area (Å²) in [6.07, 6.45) is 0. The fraction of sp³-hybridized carbons (Fsp3) is 0.158. The SMILES string of the molecule is Cc1ccc(-c2nnc(S[C@@H](C)C(=O)Nc3ccc(C#N)c(Cl)c3)o2)cc1. The van der Waals surface area contributed by atoms with Crippen molar-refractivity contribution in [2.45, 2.75) is 24.3 Å². The first-order valence-electron chi connectivity index (χ1n) is 8.04. The number of nitrogens with zero attached hydrogens (tertiary/aromatic N) is 3. The van der Waals surface area contributed by atoms with Gasteiger partial charge >= 0.3 is 0 Å². The van der Waals surface area contributed by atoms with Crippen LogP contribution in [0.2, 0.25) is 5.02 Å². The average Bonchev–Trinajstić information content (AvgIpc) is 3.11. The molecule has 0 aliphatic carbocycles. The summed E-state index contributed by atoms with van der Waals surface area (Å²) in [5.41, 5.74) is 2.83. The second-order valence-electron chi connectivity index (χ2n) is 5.79. The highest BCUT2D eigenvalue weighted by molar-refractivity contribution is 8.00. The monoisotopic (exact) mass is 398 g/mol. The van der Waals surface area contributed by atoms with Gasteiger partial charge in [-0.2, -0.15) is 5.26 Å². The van der Waals surface area contributed by atoms with Crippen LogP contribution in [0.3, 0.4) is 0 Å². The minimum atomic E-state index is -0.467. The van der Waals surface area contributed by atoms with Gasteiger partial charge < -0.3 is 9.73 Å². The van der Waals surface area contributed by atoms with Crippen molar-refractivity contribution in [3.63, 3.8) is 0 Å². The molecule has 1 amide bonds. The average molecular weight is 399 g/mol. The van der Waals surface area contributed by atoms with Crippen molar-refractivity contribution >= 4 is 35.0 Å². The number of hydrogen-bond donors (Lipinski definition) is 1. The highest BCUT2D eigenvalue weighted by atomic mass is 35.5. The van der Waals surface area contributed by atoms with Gasteiger partial charge in [-0.3, -0.25) is 4.79 Å². The zero-order chi connectivity index (χ0) is 19.4. The van der Waals surface area contributed by atoms with Crippen molar-refractivity contribution in [3.05, 3.63) is 58.6 Å². The molecule has 6 nitrogen and oxygen atoms in total. The standard InChI is InChI=1S/C19H15ClN4O2S/c1-11-3-5-13(6-4-11)18-23-24-19(26-18)27-12(2)17(25)22-15-8-7-14(10-21)16(20)9-15/h3-9,12H,1-2H3,(H,22,25)/t12-/m0/s1. The predicted molar refractivity (Wildman–Crippen MR) is 105 cm³/mol. The van der Waals surface area contributed by atoms with Gasteiger partial charge in [-0.1, -0.05) is 41.1 Å². The smallest absolute Gasteiger partial charge is 0.277 e. The molecular formula is C19H15ClN4O2S. The maximum absolute atomic E-state index is 12.4. The molecule has 0 aliphatic heterocycles. The molecule has 27 heavy (non-hydrogen) atoms. The summed E-state index contributed by atoms with van der Waals surface area (Å²) < 4.78 is 5.63. The Bertz CT molecular complexity index is 1010. The highest BCUT2D eigenvalue weighted by Gasteiger charge is 2.19. The Hall–Kier alpha value is -2.82. The van der Waals surface area contributed by atoms with Crippen molar-refractivity contribution in [1.82, 2.24) is 10.2 Å². The molecule has 0 fully saturated rings. The lowest BCUT2D eigenvalue weighted by Crippen LogP contribution is -2.22. The number of nitriles is 1. The predicted octanol–water partition coefficient (Wildman–Crippen LogP) is 4.69. The van der Waals surface area contributed by atoms with Crippen LogP contribution in [0.5, 0.6) is 0 Å². The van der Waals surface area contributed by atoms with Gasteiger partial charge in [-0.05, 0) is 44.2 Å². The van der Waals surface area contributed by atoms with Crippen LogP contribution in [0, 0.1) is 18.3 Å². The highest BCUT2D eigenvalue weighted by Crippen LogP contribution is 2.27. The molecule has 0 aliphatic rings. The Balaban J connectivity index is 1.64. The van der Waals surface area contributed by atoms with E-state index in [4.69, 9.17) is 21.3 Å². The molecule has 0 saturated carbocycles. The summed E-state index contributed by atoms with van der Waals surface area (Å²) >= 11 is 7.14. The van der Waals surface area contributed by atoms with E-state index < -0.39 is 5.25 Å². The molecular weight excluding hydrogens is 384 g/mol. The van der Waals surface area contributed by atoms with Gasteiger partial charge in [0, 0.05) is 11.3 Å². The topological polar surface area (TPSA) is 91.8 Å². The quantitative estimate of drug-likeness (QED) is 0.627. The van der Waals surface area contributed by atoms with E-state index in [1.165, 1.54) is 6.07 Å². The van der Waals surface area contributed by atoms with E-state index in [1.807, 2.05) is 37.3 Å². The van der Waals surface area contributed by atoms with Crippen LogP contribution in [-0.2, 0) is 4.79 Å². The molecule has 0 unspecified atom stereocenters. The van der Waals surface area contributed by atoms with Gasteiger partial charge in [0.15, 0.2) is 0 Å². The number of hydrogen-bond acceptors (Lipinski definition) is 6. The number of benzene rings is 2. The van der Waals surface area contributed by atoms with Crippen LogP contribution in [0.1, 0.15) is 18.1 Å². The van der Waals surface area contributed by atoms with E-state index in [0.717, 1.165) is 22.9 Å². The maximum atomic E-state index is 12.4. The molecule has 8 heteroatoms. The number of carbonyl (C=O) groups excluding carboxylic acids is 1. The zero-order valence-corrected chi connectivity index (χ0v) is 16.1. The van der Waals surface area contributed by atoms with Crippen LogP contribution >= 0.6 is 23.4 Å². The van der Waals surface area contributed by atoms with E-state index in [0.29, 0.717) is 22.4 Å². The third-order valence-electron chi connectivity index (χ3n) is 3.71. The van der Waals surface area contributed by atoms with Gasteiger partial charge in [0.2, 0.25) is 11.8 Å². The number of nitrogens with one attached hydrogen (secondary N) is 1. The number of anilines is 1. The second-order valence-corrected chi connectivity index (χ2v) is 7.49. The van der Waals surface area contributed by atoms with Gasteiger partial charge in [0.25, 0.3) is 5.22 Å². The third kappa shape index (κ3) is 4.67. The Kier molecular flexibility index (Phi) is 5.79. The first-order valence-corrected chi connectivity index (χ1v) is 9.30. The Labute approximate surface area is 165 Å². The third-order valence-corrected chi connectivity index (χ3v) is 4.96. The number of aryl methyl sites for hydroxylation is 1. The van der Waals surface area contributed by atoms with Crippen molar-refractivity contribution in [1.29, 1.82) is 5.26 Å². The largest absolute Gasteiger partial charge is 0.411 e. The summed E-state index contributed by atoms with van der Waals surface area (Å²) in [7, 11) is 0. The van der Waals surface area contributed by atoms with Crippen molar-refractivity contribution in [3.8, 4) is 17.5 Å². The van der Waals surface area contributed by atoms with Gasteiger partial charge in [0.05, 0.1) is 15.8 Å². The molecule has 136 valence electrons. The molecule has 1 N–H and O–H groups in total. The van der Waals surface area contributed by atoms with Crippen molar-refractivity contribution in [2.24, 2.45) is 0 Å². The molecule has 0 radical (unpaired) electrons. The van der Waals surface area contributed by atoms with Crippen LogP contribution in [0.4, 0.5) is 5.69 Å². The summed E-state index contributed by atoms with van der Waals surface area (Å²) in [6.45, 7) is 3.74. The lowest BCUT2D eigenvalue weighted by Gasteiger charge is -2.10. The summed E-state index contributed by atoms with van der Waals surface area (Å²) in [5.74, 6) is 0.167. The molecule has 3 rings (SSSR count). The number of aromatic nitrogens is 2. The molecule has 1 atom stereocenters. The van der Waals surface area contributed by atoms with Crippen molar-refractivity contribution < 1.29 is 9.21 Å². The number of carbonyl (C=O) groups is 1. The fourth-order valence-electron chi connectivity index (χ4n) is 2.20. The van der Waals surface area contributed by atoms with Gasteiger partial charge in [-0.25, -0.2) is 0 Å². The maximum Gasteiger partial charge on any atom is 0.277 e. The molecule has 0 bridgehead atoms. The normalized spacial score (nSPS) is 11.6. The van der Waals surface area contributed by atoms with E-state index in [9.17, 15) is 4.79 Å². The van der Waals surface area contributed by atoms with Crippen LogP contribution in [0.15, 0.2) is 52.1 Å². The zero-order valence-electron chi connectivity index (χ0n) is 14.6. The second kappa shape index (κ2) is 8.25. The van der Waals surface area contributed by atoms with Crippen LogP contribution < -0.4 is 5.32 Å². The molecule has 0 spiro atoms. The Morgan fingerprint density at radius 1 is 1.26 bits per heavy atom. The van der Waals surface area contributed by atoms with E-state index in [2.05, 4.69) is 15.5 Å². The Morgan fingerprint density at radius 3 is 2.67 bits per heavy atom. The molecule has 2 aromatic carbocycles. The van der Waals surface area contributed by atoms with E-state index >= 15 is 0 Å². The Morgan fingerprint density at radius 2 is 2.00 bits per heavy atom. The van der Waals surface area contributed by atoms with Gasteiger partial charge in [0.1, 0.15) is 6.07 Å². The number of thioether (sulfide) groups is 1. The first kappa shape index (κ1) is 19.0. The van der Waals surface area contributed by atoms with Crippen LogP contribution in [-0.4, -0.2) is 21.4 Å². The van der Waals surface area contributed by atoms with Crippen LogP contribution in [0.25, 0.3) is 11.5 Å². The lowest BCUT2D eigenvalue weighted by molar-refractivity contribution is -0.115. The minimum Gasteiger partial charge on any atom is -0.411 e.